The van der Waals surface area contributed by atoms with Gasteiger partial charge in [-0.1, -0.05) is 93.6 Å². The maximum Gasteiger partial charge on any atom is 0.219 e. The number of aryl methyl sites for hydroxylation is 1. The van der Waals surface area contributed by atoms with Gasteiger partial charge in [-0.2, -0.15) is 5.26 Å². The van der Waals surface area contributed by atoms with E-state index in [1.165, 1.54) is 0 Å². The summed E-state index contributed by atoms with van der Waals surface area (Å²) in [6.45, 7) is 7.39. The summed E-state index contributed by atoms with van der Waals surface area (Å²) in [6.07, 6.45) is 0.0115. The molecule has 0 bridgehead atoms. The summed E-state index contributed by atoms with van der Waals surface area (Å²) < 4.78 is 41.4. The second-order valence-corrected chi connectivity index (χ2v) is 11.2. The number of benzene rings is 4. The number of nitrogens with zero attached hydrogens (tertiary/aromatic N) is 2. The Hall–Kier alpha value is -4.75. The van der Waals surface area contributed by atoms with E-state index in [0.717, 1.165) is 38.6 Å². The summed E-state index contributed by atoms with van der Waals surface area (Å²) in [5.41, 5.74) is 6.30. The standard InChI is InChI=1S/C36H30FN2O/c1-22-11-16-28-27-18-17-26(25-14-12-24(13-15-25)23-9-7-6-8-10-23)29(20-38)34(27)40-35(28)33(22)32-19-31(37)30(21-39(32)5)36(2,3)4/h6-19,21H,1-5H3/q+1/i19D,21D. The molecule has 0 saturated carbocycles. The number of nitriles is 1. The van der Waals surface area contributed by atoms with E-state index < -0.39 is 11.2 Å². The predicted molar refractivity (Wildman–Crippen MR) is 159 cm³/mol. The van der Waals surface area contributed by atoms with E-state index >= 15 is 4.39 Å². The van der Waals surface area contributed by atoms with Crippen molar-refractivity contribution in [2.45, 2.75) is 33.1 Å². The minimum Gasteiger partial charge on any atom is -0.454 e. The van der Waals surface area contributed by atoms with Crippen LogP contribution in [0.25, 0.3) is 55.4 Å². The number of halogens is 1. The van der Waals surface area contributed by atoms with Crippen molar-refractivity contribution in [2.24, 2.45) is 7.05 Å². The first-order valence-electron chi connectivity index (χ1n) is 14.3. The van der Waals surface area contributed by atoms with Gasteiger partial charge in [-0.05, 0) is 40.7 Å². The molecule has 0 aliphatic rings. The molecule has 4 heteroatoms. The van der Waals surface area contributed by atoms with Gasteiger partial charge in [0.25, 0.3) is 0 Å². The monoisotopic (exact) mass is 527 g/mol. The van der Waals surface area contributed by atoms with Crippen LogP contribution >= 0.6 is 0 Å². The number of rotatable bonds is 3. The van der Waals surface area contributed by atoms with E-state index in [2.05, 4.69) is 18.2 Å². The Labute approximate surface area is 236 Å². The van der Waals surface area contributed by atoms with Crippen LogP contribution < -0.4 is 4.57 Å². The van der Waals surface area contributed by atoms with Gasteiger partial charge in [0.1, 0.15) is 31.5 Å². The van der Waals surface area contributed by atoms with Crippen molar-refractivity contribution >= 4 is 21.9 Å². The van der Waals surface area contributed by atoms with Crippen molar-refractivity contribution in [3.63, 3.8) is 0 Å². The fraction of sp³-hybridized carbons (Fsp3) is 0.167. The molecule has 0 amide bonds. The fourth-order valence-electron chi connectivity index (χ4n) is 5.37. The number of furan rings is 1. The Balaban J connectivity index is 1.58. The second-order valence-electron chi connectivity index (χ2n) is 11.2. The van der Waals surface area contributed by atoms with Crippen molar-refractivity contribution in [3.8, 4) is 39.6 Å². The zero-order chi connectivity index (χ0) is 29.9. The molecule has 0 atom stereocenters. The molecule has 0 spiro atoms. The van der Waals surface area contributed by atoms with Crippen LogP contribution in [0.1, 0.15) is 40.2 Å². The van der Waals surface area contributed by atoms with Crippen LogP contribution in [-0.2, 0) is 12.5 Å². The quantitative estimate of drug-likeness (QED) is 0.215. The lowest BCUT2D eigenvalue weighted by atomic mass is 9.87. The van der Waals surface area contributed by atoms with Crippen molar-refractivity contribution in [3.05, 3.63) is 114 Å². The number of aromatic nitrogens is 1. The number of pyridine rings is 1. The lowest BCUT2D eigenvalue weighted by Gasteiger charge is -2.18. The Morgan fingerprint density at radius 1 is 0.850 bits per heavy atom. The third kappa shape index (κ3) is 4.15. The average molecular weight is 528 g/mol. The van der Waals surface area contributed by atoms with Crippen LogP contribution in [0, 0.1) is 24.1 Å². The van der Waals surface area contributed by atoms with Gasteiger partial charge in [0.2, 0.25) is 5.69 Å². The van der Waals surface area contributed by atoms with E-state index in [0.29, 0.717) is 22.3 Å². The molecule has 0 fully saturated rings. The molecule has 0 radical (unpaired) electrons. The first-order valence-corrected chi connectivity index (χ1v) is 13.3. The van der Waals surface area contributed by atoms with Crippen LogP contribution in [-0.4, -0.2) is 0 Å². The van der Waals surface area contributed by atoms with E-state index in [-0.39, 0.29) is 23.5 Å². The summed E-state index contributed by atoms with van der Waals surface area (Å²) in [6, 6.07) is 28.0. The van der Waals surface area contributed by atoms with Crippen LogP contribution in [0.4, 0.5) is 4.39 Å². The maximum atomic E-state index is 15.7. The fourth-order valence-corrected chi connectivity index (χ4v) is 5.37. The molecule has 0 aliphatic heterocycles. The summed E-state index contributed by atoms with van der Waals surface area (Å²) in [5.74, 6) is -0.702. The van der Waals surface area contributed by atoms with Crippen molar-refractivity contribution in [1.82, 2.24) is 0 Å². The summed E-state index contributed by atoms with van der Waals surface area (Å²) >= 11 is 0. The van der Waals surface area contributed by atoms with Crippen molar-refractivity contribution in [1.29, 1.82) is 5.26 Å². The Kier molecular flexibility index (Phi) is 5.48. The van der Waals surface area contributed by atoms with Crippen LogP contribution in [0.3, 0.4) is 0 Å². The summed E-state index contributed by atoms with van der Waals surface area (Å²) in [4.78, 5) is 0. The SMILES string of the molecule is [2H]c1c(F)c(C(C)(C)C)c([2H])[n+](C)c1-c1c(C)ccc2c1oc1c(C#N)c(-c3ccc(-c4ccccc4)cc3)ccc12. The Bertz CT molecular complexity index is 2040. The van der Waals surface area contributed by atoms with Crippen molar-refractivity contribution in [2.75, 3.05) is 0 Å². The normalized spacial score (nSPS) is 12.4. The van der Waals surface area contributed by atoms with Crippen LogP contribution in [0.2, 0.25) is 0 Å². The molecule has 0 saturated heterocycles. The van der Waals surface area contributed by atoms with Gasteiger partial charge < -0.3 is 4.42 Å². The van der Waals surface area contributed by atoms with Gasteiger partial charge in [0.05, 0.1) is 12.5 Å². The average Bonchev–Trinajstić information content (AvgIpc) is 3.35. The first-order chi connectivity index (χ1) is 20.0. The molecule has 0 aliphatic carbocycles. The molecular weight excluding hydrogens is 495 g/mol. The third-order valence-corrected chi connectivity index (χ3v) is 7.48. The minimum absolute atomic E-state index is 0.0115. The van der Waals surface area contributed by atoms with E-state index in [1.54, 1.807) is 11.6 Å². The Morgan fingerprint density at radius 3 is 2.15 bits per heavy atom. The highest BCUT2D eigenvalue weighted by Crippen LogP contribution is 2.41. The second kappa shape index (κ2) is 9.47. The minimum atomic E-state index is -0.702. The molecule has 4 aromatic carbocycles. The van der Waals surface area contributed by atoms with Gasteiger partial charge in [-0.25, -0.2) is 8.96 Å². The molecule has 6 rings (SSSR count). The maximum absolute atomic E-state index is 15.7. The molecule has 3 nitrogen and oxygen atoms in total. The lowest BCUT2D eigenvalue weighted by Crippen LogP contribution is -2.34. The van der Waals surface area contributed by atoms with Gasteiger partial charge in [-0.3, -0.25) is 0 Å². The van der Waals surface area contributed by atoms with E-state index in [4.69, 9.17) is 7.16 Å². The summed E-state index contributed by atoms with van der Waals surface area (Å²) in [7, 11) is 1.68. The number of hydrogen-bond donors (Lipinski definition) is 0. The predicted octanol–water partition coefficient (Wildman–Crippen LogP) is 9.03. The topological polar surface area (TPSA) is 40.8 Å². The highest BCUT2D eigenvalue weighted by Gasteiger charge is 2.28. The molecular formula is C36H30FN2O+. The highest BCUT2D eigenvalue weighted by molar-refractivity contribution is 6.12. The number of hydrogen-bond acceptors (Lipinski definition) is 2. The van der Waals surface area contributed by atoms with E-state index in [9.17, 15) is 5.26 Å². The molecule has 2 heterocycles. The molecule has 2 aromatic heterocycles. The Morgan fingerprint density at radius 2 is 1.48 bits per heavy atom. The smallest absolute Gasteiger partial charge is 0.219 e. The third-order valence-electron chi connectivity index (χ3n) is 7.48. The van der Waals surface area contributed by atoms with E-state index in [1.807, 2.05) is 94.4 Å². The van der Waals surface area contributed by atoms with Gasteiger partial charge in [-0.15, -0.1) is 0 Å². The largest absolute Gasteiger partial charge is 0.454 e. The van der Waals surface area contributed by atoms with Gasteiger partial charge >= 0.3 is 0 Å². The summed E-state index contributed by atoms with van der Waals surface area (Å²) in [5, 5.41) is 11.9. The molecule has 6 aromatic rings. The van der Waals surface area contributed by atoms with Crippen LogP contribution in [0.5, 0.6) is 0 Å². The zero-order valence-corrected chi connectivity index (χ0v) is 23.2. The highest BCUT2D eigenvalue weighted by atomic mass is 19.1. The molecule has 0 N–H and O–H groups in total. The lowest BCUT2D eigenvalue weighted by molar-refractivity contribution is -0.661. The van der Waals surface area contributed by atoms with Crippen molar-refractivity contribution < 1.29 is 16.1 Å². The molecule has 196 valence electrons. The van der Waals surface area contributed by atoms with Gasteiger partial charge in [0.15, 0.2) is 11.8 Å². The number of fused-ring (bicyclic) bond motifs is 3. The first kappa shape index (κ1) is 23.2. The molecule has 40 heavy (non-hydrogen) atoms. The molecule has 0 unspecified atom stereocenters. The zero-order valence-electron chi connectivity index (χ0n) is 25.2. The van der Waals surface area contributed by atoms with Gasteiger partial charge in [0, 0.05) is 22.4 Å². The van der Waals surface area contributed by atoms with Crippen LogP contribution in [0.15, 0.2) is 95.5 Å².